The topological polar surface area (TPSA) is 54.9 Å². The summed E-state index contributed by atoms with van der Waals surface area (Å²) in [6.45, 7) is 7.44. The predicted molar refractivity (Wildman–Crippen MR) is 115 cm³/mol. The van der Waals surface area contributed by atoms with E-state index < -0.39 is 0 Å². The Bertz CT molecular complexity index is 499. The standard InChI is InChI=1S/C17H28BrN3O2.HI/c1-13(2)12-23-9-5-8-20-17(19-3)21-11-14-6-7-16(22-4)15(18)10-14;/h6-7,10,13H,5,8-9,11-12H2,1-4H3,(H2,19,20,21);1H. The third-order valence-corrected chi connectivity index (χ3v) is 3.73. The number of guanidine groups is 1. The van der Waals surface area contributed by atoms with Gasteiger partial charge in [0, 0.05) is 33.4 Å². The molecule has 0 aliphatic carbocycles. The van der Waals surface area contributed by atoms with Crippen LogP contribution < -0.4 is 15.4 Å². The molecule has 0 heterocycles. The van der Waals surface area contributed by atoms with Gasteiger partial charge in [-0.25, -0.2) is 0 Å². The number of nitrogens with one attached hydrogen (secondary N) is 2. The highest BCUT2D eigenvalue weighted by atomic mass is 127. The molecule has 7 heteroatoms. The van der Waals surface area contributed by atoms with Crippen LogP contribution in [0.3, 0.4) is 0 Å². The van der Waals surface area contributed by atoms with Crippen molar-refractivity contribution in [3.8, 4) is 5.75 Å². The summed E-state index contributed by atoms with van der Waals surface area (Å²) >= 11 is 3.49. The Hall–Kier alpha value is -0.540. The fraction of sp³-hybridized carbons (Fsp3) is 0.588. The highest BCUT2D eigenvalue weighted by Gasteiger charge is 2.03. The Balaban J connectivity index is 0.00000529. The Morgan fingerprint density at radius 3 is 2.62 bits per heavy atom. The van der Waals surface area contributed by atoms with E-state index in [0.29, 0.717) is 12.5 Å². The number of methoxy groups -OCH3 is 1. The molecule has 0 fully saturated rings. The minimum Gasteiger partial charge on any atom is -0.496 e. The van der Waals surface area contributed by atoms with E-state index in [0.717, 1.165) is 47.9 Å². The maximum Gasteiger partial charge on any atom is 0.191 e. The highest BCUT2D eigenvalue weighted by molar-refractivity contribution is 14.0. The molecule has 0 amide bonds. The van der Waals surface area contributed by atoms with Crippen molar-refractivity contribution in [3.05, 3.63) is 28.2 Å². The van der Waals surface area contributed by atoms with Gasteiger partial charge in [0.1, 0.15) is 5.75 Å². The summed E-state index contributed by atoms with van der Waals surface area (Å²) in [4.78, 5) is 4.22. The quantitative estimate of drug-likeness (QED) is 0.228. The lowest BCUT2D eigenvalue weighted by molar-refractivity contribution is 0.108. The van der Waals surface area contributed by atoms with Crippen LogP contribution in [0.15, 0.2) is 27.7 Å². The summed E-state index contributed by atoms with van der Waals surface area (Å²) in [5, 5.41) is 6.58. The fourth-order valence-electron chi connectivity index (χ4n) is 1.93. The lowest BCUT2D eigenvalue weighted by Gasteiger charge is -2.13. The molecule has 24 heavy (non-hydrogen) atoms. The predicted octanol–water partition coefficient (Wildman–Crippen LogP) is 3.80. The normalized spacial score (nSPS) is 11.2. The molecule has 0 aliphatic rings. The Kier molecular flexibility index (Phi) is 13.4. The zero-order chi connectivity index (χ0) is 17.1. The third kappa shape index (κ3) is 9.68. The summed E-state index contributed by atoms with van der Waals surface area (Å²) in [7, 11) is 3.43. The van der Waals surface area contributed by atoms with E-state index in [2.05, 4.69) is 45.4 Å². The number of nitrogens with zero attached hydrogens (tertiary/aromatic N) is 1. The first-order valence-electron chi connectivity index (χ1n) is 7.91. The molecule has 0 unspecified atom stereocenters. The average molecular weight is 514 g/mol. The number of ether oxygens (including phenoxy) is 2. The first-order chi connectivity index (χ1) is 11.1. The first kappa shape index (κ1) is 23.5. The molecule has 0 saturated heterocycles. The van der Waals surface area contributed by atoms with E-state index >= 15 is 0 Å². The number of benzene rings is 1. The second kappa shape index (κ2) is 13.7. The van der Waals surface area contributed by atoms with Gasteiger partial charge >= 0.3 is 0 Å². The van der Waals surface area contributed by atoms with Crippen molar-refractivity contribution >= 4 is 45.9 Å². The van der Waals surface area contributed by atoms with Crippen LogP contribution in [0.5, 0.6) is 5.75 Å². The van der Waals surface area contributed by atoms with Crippen molar-refractivity contribution in [2.24, 2.45) is 10.9 Å². The number of hydrogen-bond donors (Lipinski definition) is 2. The molecule has 138 valence electrons. The van der Waals surface area contributed by atoms with E-state index in [9.17, 15) is 0 Å². The SMILES string of the molecule is CN=C(NCCCOCC(C)C)NCc1ccc(OC)c(Br)c1.I. The lowest BCUT2D eigenvalue weighted by atomic mass is 10.2. The second-order valence-electron chi connectivity index (χ2n) is 5.64. The van der Waals surface area contributed by atoms with Crippen LogP contribution in [0, 0.1) is 5.92 Å². The zero-order valence-corrected chi connectivity index (χ0v) is 18.8. The van der Waals surface area contributed by atoms with Crippen molar-refractivity contribution in [1.82, 2.24) is 10.6 Å². The van der Waals surface area contributed by atoms with Crippen LogP contribution in [-0.4, -0.2) is 39.9 Å². The molecule has 0 radical (unpaired) electrons. The van der Waals surface area contributed by atoms with E-state index in [1.54, 1.807) is 14.2 Å². The largest absolute Gasteiger partial charge is 0.496 e. The number of aliphatic imine (C=N–C) groups is 1. The molecule has 0 spiro atoms. The molecule has 0 atom stereocenters. The van der Waals surface area contributed by atoms with Gasteiger partial charge in [-0.2, -0.15) is 0 Å². The fourth-order valence-corrected chi connectivity index (χ4v) is 2.51. The summed E-state index contributed by atoms with van der Waals surface area (Å²) in [6.07, 6.45) is 0.960. The van der Waals surface area contributed by atoms with Crippen molar-refractivity contribution in [2.45, 2.75) is 26.8 Å². The van der Waals surface area contributed by atoms with Gasteiger partial charge in [-0.1, -0.05) is 19.9 Å². The third-order valence-electron chi connectivity index (χ3n) is 3.11. The molecule has 0 saturated carbocycles. The van der Waals surface area contributed by atoms with Crippen LogP contribution >= 0.6 is 39.9 Å². The summed E-state index contributed by atoms with van der Waals surface area (Å²) < 4.78 is 11.7. The van der Waals surface area contributed by atoms with E-state index in [-0.39, 0.29) is 24.0 Å². The minimum absolute atomic E-state index is 0. The van der Waals surface area contributed by atoms with Crippen LogP contribution in [0.25, 0.3) is 0 Å². The van der Waals surface area contributed by atoms with Crippen molar-refractivity contribution < 1.29 is 9.47 Å². The number of hydrogen-bond acceptors (Lipinski definition) is 3. The molecule has 0 aliphatic heterocycles. The van der Waals surface area contributed by atoms with Crippen LogP contribution in [0.4, 0.5) is 0 Å². The lowest BCUT2D eigenvalue weighted by Crippen LogP contribution is -2.37. The maximum atomic E-state index is 5.56. The molecule has 1 rings (SSSR count). The van der Waals surface area contributed by atoms with Crippen molar-refractivity contribution in [2.75, 3.05) is 33.9 Å². The summed E-state index contributed by atoms with van der Waals surface area (Å²) in [5.74, 6) is 2.21. The monoisotopic (exact) mass is 513 g/mol. The Morgan fingerprint density at radius 2 is 2.04 bits per heavy atom. The molecule has 0 aromatic heterocycles. The van der Waals surface area contributed by atoms with E-state index in [1.165, 1.54) is 0 Å². The molecular weight excluding hydrogens is 485 g/mol. The van der Waals surface area contributed by atoms with Gasteiger partial charge in [0.25, 0.3) is 0 Å². The van der Waals surface area contributed by atoms with Gasteiger partial charge < -0.3 is 20.1 Å². The minimum atomic E-state index is 0. The van der Waals surface area contributed by atoms with Crippen LogP contribution in [-0.2, 0) is 11.3 Å². The number of halogens is 2. The summed E-state index contributed by atoms with van der Waals surface area (Å²) in [6, 6.07) is 6.02. The van der Waals surface area contributed by atoms with E-state index in [4.69, 9.17) is 9.47 Å². The molecule has 0 bridgehead atoms. The van der Waals surface area contributed by atoms with Gasteiger partial charge in [-0.15, -0.1) is 24.0 Å². The van der Waals surface area contributed by atoms with Gasteiger partial charge in [0.05, 0.1) is 11.6 Å². The Labute approximate surface area is 171 Å². The average Bonchev–Trinajstić information content (AvgIpc) is 2.53. The van der Waals surface area contributed by atoms with Gasteiger partial charge in [0.2, 0.25) is 0 Å². The maximum absolute atomic E-state index is 5.56. The second-order valence-corrected chi connectivity index (χ2v) is 6.50. The number of rotatable bonds is 9. The molecule has 5 nitrogen and oxygen atoms in total. The smallest absolute Gasteiger partial charge is 0.191 e. The molecule has 1 aromatic rings. The zero-order valence-electron chi connectivity index (χ0n) is 14.9. The van der Waals surface area contributed by atoms with Gasteiger partial charge in [0.15, 0.2) is 5.96 Å². The molecular formula is C17H29BrIN3O2. The van der Waals surface area contributed by atoms with Crippen molar-refractivity contribution in [1.29, 1.82) is 0 Å². The van der Waals surface area contributed by atoms with Gasteiger partial charge in [-0.3, -0.25) is 4.99 Å². The highest BCUT2D eigenvalue weighted by Crippen LogP contribution is 2.25. The summed E-state index contributed by atoms with van der Waals surface area (Å²) in [5.41, 5.74) is 1.15. The van der Waals surface area contributed by atoms with Crippen LogP contribution in [0.2, 0.25) is 0 Å². The molecule has 1 aromatic carbocycles. The molecule has 2 N–H and O–H groups in total. The Morgan fingerprint density at radius 1 is 1.29 bits per heavy atom. The first-order valence-corrected chi connectivity index (χ1v) is 8.70. The van der Waals surface area contributed by atoms with Crippen molar-refractivity contribution in [3.63, 3.8) is 0 Å². The van der Waals surface area contributed by atoms with Gasteiger partial charge in [-0.05, 0) is 46.0 Å². The van der Waals surface area contributed by atoms with E-state index in [1.807, 2.05) is 18.2 Å². The van der Waals surface area contributed by atoms with Crippen LogP contribution in [0.1, 0.15) is 25.8 Å².